The van der Waals surface area contributed by atoms with Crippen LogP contribution in [0, 0.1) is 5.92 Å². The average Bonchev–Trinajstić information content (AvgIpc) is 3.84. The molecule has 16 nitrogen and oxygen atoms in total. The van der Waals surface area contributed by atoms with E-state index in [4.69, 9.17) is 15.2 Å². The smallest absolute Gasteiger partial charge is 0.342 e. The summed E-state index contributed by atoms with van der Waals surface area (Å²) >= 11 is 0. The number of amides is 5. The number of urea groups is 1. The lowest BCUT2D eigenvalue weighted by molar-refractivity contribution is -0.146. The van der Waals surface area contributed by atoms with Gasteiger partial charge in [-0.3, -0.25) is 19.2 Å². The normalized spacial score (nSPS) is 23.4. The number of aliphatic hydroxyl groups is 1. The number of nitrogens with one attached hydrogen (secondary N) is 2. The number of Topliss-reactive ketones (excluding diaryl/α,β-unsaturated/α-hetero) is 1. The molecular formula is C38H52N8O8. The second kappa shape index (κ2) is 16.4. The number of aromatic nitrogens is 3. The Morgan fingerprint density at radius 1 is 0.963 bits per heavy atom. The fraction of sp³-hybridized carbons (Fsp3) is 0.632. The average molecular weight is 749 g/mol. The summed E-state index contributed by atoms with van der Waals surface area (Å²) < 4.78 is 12.6. The Bertz CT molecular complexity index is 1720. The van der Waals surface area contributed by atoms with Crippen molar-refractivity contribution in [1.29, 1.82) is 0 Å². The predicted molar refractivity (Wildman–Crippen MR) is 195 cm³/mol. The zero-order valence-electron chi connectivity index (χ0n) is 31.1. The van der Waals surface area contributed by atoms with Crippen molar-refractivity contribution in [2.75, 3.05) is 33.0 Å². The SMILES string of the molecule is CC(C)(O)c1cnnn1[C@H]1C[C@@H](C(=O)NC2(C(=O)C(N)=O)CCOCC2)N(C(=O)C(CC2CCCCC2)=NC(=O)NC2(c3ccccc3)CCOCC2)C1. The van der Waals surface area contributed by atoms with E-state index < -0.39 is 58.3 Å². The molecule has 1 aromatic carbocycles. The number of hydrogen-bond donors (Lipinski definition) is 4. The van der Waals surface area contributed by atoms with Crippen LogP contribution in [0.2, 0.25) is 0 Å². The molecule has 292 valence electrons. The van der Waals surface area contributed by atoms with E-state index >= 15 is 0 Å². The van der Waals surface area contributed by atoms with E-state index in [1.54, 1.807) is 13.8 Å². The van der Waals surface area contributed by atoms with E-state index in [2.05, 4.69) is 25.9 Å². The summed E-state index contributed by atoms with van der Waals surface area (Å²) in [6.45, 7) is 4.27. The first-order valence-corrected chi connectivity index (χ1v) is 19.0. The largest absolute Gasteiger partial charge is 0.384 e. The first-order chi connectivity index (χ1) is 25.8. The van der Waals surface area contributed by atoms with Gasteiger partial charge in [0.1, 0.15) is 22.9 Å². The van der Waals surface area contributed by atoms with Crippen LogP contribution < -0.4 is 16.4 Å². The zero-order valence-corrected chi connectivity index (χ0v) is 31.1. The molecule has 6 rings (SSSR count). The van der Waals surface area contributed by atoms with Crippen LogP contribution in [0.5, 0.6) is 0 Å². The molecule has 0 spiro atoms. The lowest BCUT2D eigenvalue weighted by Gasteiger charge is -2.38. The molecule has 54 heavy (non-hydrogen) atoms. The third-order valence-corrected chi connectivity index (χ3v) is 11.5. The first-order valence-electron chi connectivity index (χ1n) is 19.0. The third kappa shape index (κ3) is 8.55. The van der Waals surface area contributed by atoms with Gasteiger partial charge in [0.25, 0.3) is 11.8 Å². The number of rotatable bonds is 11. The van der Waals surface area contributed by atoms with Crippen molar-refractivity contribution < 1.29 is 38.6 Å². The van der Waals surface area contributed by atoms with E-state index in [0.717, 1.165) is 37.7 Å². The molecule has 3 aliphatic heterocycles. The maximum atomic E-state index is 14.9. The number of carbonyl (C=O) groups excluding carboxylic acids is 5. The van der Waals surface area contributed by atoms with Gasteiger partial charge in [0.2, 0.25) is 11.7 Å². The summed E-state index contributed by atoms with van der Waals surface area (Å²) in [5, 5.41) is 25.1. The summed E-state index contributed by atoms with van der Waals surface area (Å²) in [6.07, 6.45) is 7.66. The quantitative estimate of drug-likeness (QED) is 0.194. The van der Waals surface area contributed by atoms with Crippen LogP contribution in [-0.2, 0) is 39.8 Å². The number of aliphatic imine (C=N–C) groups is 1. The second-order valence-corrected chi connectivity index (χ2v) is 15.6. The fourth-order valence-electron chi connectivity index (χ4n) is 8.43. The van der Waals surface area contributed by atoms with E-state index in [1.165, 1.54) is 15.8 Å². The van der Waals surface area contributed by atoms with Crippen molar-refractivity contribution in [1.82, 2.24) is 30.5 Å². The fourth-order valence-corrected chi connectivity index (χ4v) is 8.43. The lowest BCUT2D eigenvalue weighted by Crippen LogP contribution is -2.63. The molecule has 4 fully saturated rings. The second-order valence-electron chi connectivity index (χ2n) is 15.6. The molecule has 4 heterocycles. The minimum Gasteiger partial charge on any atom is -0.384 e. The molecule has 0 radical (unpaired) electrons. The Labute approximate surface area is 314 Å². The van der Waals surface area contributed by atoms with E-state index in [-0.39, 0.29) is 57.1 Å². The number of ether oxygens (including phenoxy) is 2. The summed E-state index contributed by atoms with van der Waals surface area (Å²) in [7, 11) is 0. The van der Waals surface area contributed by atoms with Crippen LogP contribution in [0.15, 0.2) is 41.5 Å². The highest BCUT2D eigenvalue weighted by molar-refractivity contribution is 6.41. The predicted octanol–water partition coefficient (Wildman–Crippen LogP) is 2.19. The van der Waals surface area contributed by atoms with Crippen molar-refractivity contribution in [2.45, 2.75) is 113 Å². The molecule has 2 aromatic rings. The lowest BCUT2D eigenvalue weighted by atomic mass is 9.83. The van der Waals surface area contributed by atoms with Crippen molar-refractivity contribution >= 4 is 35.2 Å². The molecule has 4 aliphatic rings. The topological polar surface area (TPSA) is 220 Å². The number of hydrogen-bond acceptors (Lipinski definition) is 10. The molecule has 5 amide bonds. The molecule has 5 N–H and O–H groups in total. The van der Waals surface area contributed by atoms with Crippen LogP contribution in [0.3, 0.4) is 0 Å². The van der Waals surface area contributed by atoms with Crippen molar-refractivity contribution in [3.63, 3.8) is 0 Å². The summed E-state index contributed by atoms with van der Waals surface area (Å²) in [5.41, 5.74) is 3.07. The highest BCUT2D eigenvalue weighted by Crippen LogP contribution is 2.35. The van der Waals surface area contributed by atoms with Gasteiger partial charge in [-0.05, 0) is 44.6 Å². The standard InChI is InChI=1S/C38H52N8O8/c1-36(2,52)30-23-40-44-46(30)27-22-29(33(49)42-38(31(47)32(39)48)15-19-54-20-16-38)45(24-27)34(50)28(21-25-9-5-3-6-10-25)41-35(51)43-37(13-17-53-18-14-37)26-11-7-4-8-12-26/h4,7-8,11-12,23,25,27,29,52H,3,5-6,9-10,13-22,24H2,1-2H3,(H2,39,48)(H,42,49)(H,43,51)/t27-,29-/m0/s1. The third-order valence-electron chi connectivity index (χ3n) is 11.5. The Morgan fingerprint density at radius 2 is 1.61 bits per heavy atom. The number of carbonyl (C=O) groups is 5. The number of benzene rings is 1. The number of likely N-dealkylation sites (tertiary alicyclic amines) is 1. The van der Waals surface area contributed by atoms with Crippen LogP contribution >= 0.6 is 0 Å². The van der Waals surface area contributed by atoms with Gasteiger partial charge in [-0.2, -0.15) is 4.99 Å². The minimum atomic E-state index is -1.60. The van der Waals surface area contributed by atoms with E-state index in [9.17, 15) is 29.1 Å². The summed E-state index contributed by atoms with van der Waals surface area (Å²) in [5.74, 6) is -3.27. The van der Waals surface area contributed by atoms with Crippen molar-refractivity contribution in [3.05, 3.63) is 47.8 Å². The molecule has 1 saturated carbocycles. The summed E-state index contributed by atoms with van der Waals surface area (Å²) in [4.78, 5) is 74.5. The van der Waals surface area contributed by atoms with Crippen LogP contribution in [0.25, 0.3) is 0 Å². The highest BCUT2D eigenvalue weighted by Gasteiger charge is 2.49. The van der Waals surface area contributed by atoms with Gasteiger partial charge in [0.05, 0.1) is 23.5 Å². The molecular weight excluding hydrogens is 696 g/mol. The van der Waals surface area contributed by atoms with Crippen LogP contribution in [0.1, 0.15) is 102 Å². The Hall–Kier alpha value is -4.54. The zero-order chi connectivity index (χ0) is 38.5. The maximum absolute atomic E-state index is 14.9. The maximum Gasteiger partial charge on any atom is 0.342 e. The van der Waals surface area contributed by atoms with Gasteiger partial charge in [-0.1, -0.05) is 67.6 Å². The number of nitrogens with two attached hydrogens (primary N) is 1. The molecule has 2 atom stereocenters. The van der Waals surface area contributed by atoms with Gasteiger partial charge in [0.15, 0.2) is 0 Å². The van der Waals surface area contributed by atoms with Gasteiger partial charge >= 0.3 is 6.03 Å². The van der Waals surface area contributed by atoms with Crippen LogP contribution in [0.4, 0.5) is 4.79 Å². The molecule has 1 aliphatic carbocycles. The van der Waals surface area contributed by atoms with Gasteiger partial charge < -0.3 is 35.8 Å². The molecule has 16 heteroatoms. The van der Waals surface area contributed by atoms with Crippen LogP contribution in [-0.4, -0.2) is 105 Å². The minimum absolute atomic E-state index is 0.0271. The van der Waals surface area contributed by atoms with Gasteiger partial charge in [0, 0.05) is 52.2 Å². The molecule has 0 bridgehead atoms. The number of ketones is 1. The van der Waals surface area contributed by atoms with Crippen molar-refractivity contribution in [3.8, 4) is 0 Å². The van der Waals surface area contributed by atoms with E-state index in [1.807, 2.05) is 30.3 Å². The number of primary amides is 1. The molecule has 1 aromatic heterocycles. The monoisotopic (exact) mass is 748 g/mol. The molecule has 3 saturated heterocycles. The van der Waals surface area contributed by atoms with E-state index in [0.29, 0.717) is 31.7 Å². The Kier molecular flexibility index (Phi) is 11.9. The van der Waals surface area contributed by atoms with Gasteiger partial charge in [-0.25, -0.2) is 9.48 Å². The molecule has 0 unspecified atom stereocenters. The highest BCUT2D eigenvalue weighted by atomic mass is 16.5. The Balaban J connectivity index is 1.35. The van der Waals surface area contributed by atoms with Crippen molar-refractivity contribution in [2.24, 2.45) is 16.6 Å². The number of nitrogens with zero attached hydrogens (tertiary/aromatic N) is 5. The first kappa shape index (κ1) is 39.2. The Morgan fingerprint density at radius 3 is 2.24 bits per heavy atom. The summed E-state index contributed by atoms with van der Waals surface area (Å²) in [6, 6.07) is 7.21. The van der Waals surface area contributed by atoms with Gasteiger partial charge in [-0.15, -0.1) is 5.10 Å².